The van der Waals surface area contributed by atoms with Crippen molar-refractivity contribution < 1.29 is 13.2 Å². The van der Waals surface area contributed by atoms with Gasteiger partial charge in [-0.05, 0) is 12.1 Å². The molecule has 2 rings (SSSR count). The zero-order valence-electron chi connectivity index (χ0n) is 10.2. The number of para-hydroxylation sites is 1. The summed E-state index contributed by atoms with van der Waals surface area (Å²) in [4.78, 5) is 7.41. The van der Waals surface area contributed by atoms with Crippen LogP contribution in [0.5, 0.6) is 5.75 Å². The van der Waals surface area contributed by atoms with Gasteiger partial charge < -0.3 is 10.5 Å². The topological polar surface area (TPSA) is 121 Å². The van der Waals surface area contributed by atoms with E-state index in [1.54, 1.807) is 31.6 Å². The number of anilines is 1. The molecule has 0 aliphatic rings. The number of benzene rings is 1. The maximum atomic E-state index is 10.8. The van der Waals surface area contributed by atoms with Gasteiger partial charge in [-0.15, -0.1) is 0 Å². The SMILES string of the molecule is COc1cncnc1.Nc1ccccc1S(N)(=O)=O. The number of hydrogen-bond acceptors (Lipinski definition) is 6. The minimum Gasteiger partial charge on any atom is -0.494 e. The number of methoxy groups -OCH3 is 1. The van der Waals surface area contributed by atoms with E-state index in [0.29, 0.717) is 5.75 Å². The minimum absolute atomic E-state index is 0.0278. The highest BCUT2D eigenvalue weighted by Gasteiger charge is 2.09. The maximum absolute atomic E-state index is 10.8. The fourth-order valence-electron chi connectivity index (χ4n) is 1.13. The molecule has 0 saturated carbocycles. The van der Waals surface area contributed by atoms with Crippen LogP contribution >= 0.6 is 0 Å². The number of ether oxygens (including phenoxy) is 1. The number of nitrogens with two attached hydrogens (primary N) is 2. The van der Waals surface area contributed by atoms with Crippen LogP contribution < -0.4 is 15.6 Å². The third-order valence-corrected chi connectivity index (χ3v) is 2.98. The summed E-state index contributed by atoms with van der Waals surface area (Å²) in [6.07, 6.45) is 4.67. The Morgan fingerprint density at radius 3 is 2.11 bits per heavy atom. The van der Waals surface area contributed by atoms with Gasteiger partial charge in [0.05, 0.1) is 25.2 Å². The first-order valence-corrected chi connectivity index (χ1v) is 6.66. The Balaban J connectivity index is 0.000000200. The van der Waals surface area contributed by atoms with E-state index in [0.717, 1.165) is 0 Å². The van der Waals surface area contributed by atoms with Crippen molar-refractivity contribution in [2.75, 3.05) is 12.8 Å². The molecule has 0 aliphatic heterocycles. The van der Waals surface area contributed by atoms with Crippen LogP contribution in [0, 0.1) is 0 Å². The first-order valence-electron chi connectivity index (χ1n) is 5.11. The van der Waals surface area contributed by atoms with E-state index < -0.39 is 10.0 Å². The molecule has 8 heteroatoms. The zero-order chi connectivity index (χ0) is 14.3. The molecular formula is C11H14N4O3S. The molecule has 0 spiro atoms. The van der Waals surface area contributed by atoms with Crippen molar-refractivity contribution in [3.8, 4) is 5.75 Å². The van der Waals surface area contributed by atoms with Crippen LogP contribution in [0.4, 0.5) is 5.69 Å². The van der Waals surface area contributed by atoms with E-state index in [2.05, 4.69) is 9.97 Å². The first-order chi connectivity index (χ1) is 8.95. The van der Waals surface area contributed by atoms with Gasteiger partial charge in [0.1, 0.15) is 11.2 Å². The Morgan fingerprint density at radius 2 is 1.74 bits per heavy atom. The van der Waals surface area contributed by atoms with Gasteiger partial charge in [-0.2, -0.15) is 0 Å². The lowest BCUT2D eigenvalue weighted by Gasteiger charge is -2.00. The van der Waals surface area contributed by atoms with Crippen LogP contribution in [-0.4, -0.2) is 25.5 Å². The summed E-state index contributed by atoms with van der Waals surface area (Å²) in [6, 6.07) is 6.06. The van der Waals surface area contributed by atoms with Crippen LogP contribution in [-0.2, 0) is 10.0 Å². The number of primary sulfonamides is 1. The van der Waals surface area contributed by atoms with Gasteiger partial charge in [-0.25, -0.2) is 23.5 Å². The lowest BCUT2D eigenvalue weighted by molar-refractivity contribution is 0.410. The van der Waals surface area contributed by atoms with Crippen molar-refractivity contribution in [3.63, 3.8) is 0 Å². The van der Waals surface area contributed by atoms with Crippen LogP contribution in [0.25, 0.3) is 0 Å². The standard InChI is InChI=1S/C6H8N2O2S.C5H6N2O/c7-5-3-1-2-4-6(5)11(8,9)10;1-8-5-2-6-4-7-3-5/h1-4H,7H2,(H2,8,9,10);2-4H,1H3. The molecule has 7 nitrogen and oxygen atoms in total. The van der Waals surface area contributed by atoms with Gasteiger partial charge in [0.25, 0.3) is 0 Å². The highest BCUT2D eigenvalue weighted by atomic mass is 32.2. The van der Waals surface area contributed by atoms with Gasteiger partial charge in [-0.1, -0.05) is 12.1 Å². The van der Waals surface area contributed by atoms with Gasteiger partial charge in [-0.3, -0.25) is 0 Å². The lowest BCUT2D eigenvalue weighted by Crippen LogP contribution is -2.13. The lowest BCUT2D eigenvalue weighted by atomic mass is 10.3. The number of nitrogen functional groups attached to an aromatic ring is 1. The summed E-state index contributed by atoms with van der Waals surface area (Å²) in [5.74, 6) is 0.688. The van der Waals surface area contributed by atoms with Crippen molar-refractivity contribution in [1.29, 1.82) is 0 Å². The number of nitrogens with zero attached hydrogens (tertiary/aromatic N) is 2. The normalized spacial score (nSPS) is 10.2. The summed E-state index contributed by atoms with van der Waals surface area (Å²) < 4.78 is 26.3. The van der Waals surface area contributed by atoms with Crippen LogP contribution in [0.1, 0.15) is 0 Å². The molecule has 102 valence electrons. The van der Waals surface area contributed by atoms with Gasteiger partial charge in [0.15, 0.2) is 5.75 Å². The third-order valence-electron chi connectivity index (χ3n) is 2.00. The molecule has 2 aromatic rings. The van der Waals surface area contributed by atoms with E-state index in [1.165, 1.54) is 18.5 Å². The largest absolute Gasteiger partial charge is 0.494 e. The molecule has 0 radical (unpaired) electrons. The van der Waals surface area contributed by atoms with Crippen LogP contribution in [0.15, 0.2) is 47.9 Å². The highest BCUT2D eigenvalue weighted by molar-refractivity contribution is 7.89. The van der Waals surface area contributed by atoms with Gasteiger partial charge in [0, 0.05) is 0 Å². The molecule has 19 heavy (non-hydrogen) atoms. The van der Waals surface area contributed by atoms with Crippen molar-refractivity contribution in [2.24, 2.45) is 5.14 Å². The molecule has 0 unspecified atom stereocenters. The average molecular weight is 282 g/mol. The highest BCUT2D eigenvalue weighted by Crippen LogP contribution is 2.14. The van der Waals surface area contributed by atoms with E-state index >= 15 is 0 Å². The molecule has 1 aromatic heterocycles. The zero-order valence-corrected chi connectivity index (χ0v) is 11.0. The Kier molecular flexibility index (Phi) is 5.22. The molecule has 0 saturated heterocycles. The van der Waals surface area contributed by atoms with E-state index in [1.807, 2.05) is 0 Å². The predicted octanol–water partition coefficient (Wildman–Crippen LogP) is 0.401. The van der Waals surface area contributed by atoms with E-state index in [-0.39, 0.29) is 10.6 Å². The van der Waals surface area contributed by atoms with Crippen molar-refractivity contribution in [2.45, 2.75) is 4.90 Å². The maximum Gasteiger partial charge on any atom is 0.240 e. The number of aromatic nitrogens is 2. The Bertz CT molecular complexity index is 617. The van der Waals surface area contributed by atoms with Gasteiger partial charge >= 0.3 is 0 Å². The Labute approximate surface area is 111 Å². The smallest absolute Gasteiger partial charge is 0.240 e. The summed E-state index contributed by atoms with van der Waals surface area (Å²) in [7, 11) is -2.08. The second-order valence-corrected chi connectivity index (χ2v) is 4.89. The number of hydrogen-bond donors (Lipinski definition) is 2. The van der Waals surface area contributed by atoms with Crippen LogP contribution in [0.3, 0.4) is 0 Å². The summed E-state index contributed by atoms with van der Waals surface area (Å²) in [5.41, 5.74) is 5.52. The summed E-state index contributed by atoms with van der Waals surface area (Å²) in [6.45, 7) is 0. The third kappa shape index (κ3) is 4.90. The van der Waals surface area contributed by atoms with E-state index in [4.69, 9.17) is 15.6 Å². The first kappa shape index (κ1) is 14.9. The molecule has 1 heterocycles. The van der Waals surface area contributed by atoms with Crippen molar-refractivity contribution in [1.82, 2.24) is 9.97 Å². The fraction of sp³-hybridized carbons (Fsp3) is 0.0909. The molecule has 0 aliphatic carbocycles. The molecular weight excluding hydrogens is 268 g/mol. The molecule has 0 fully saturated rings. The molecule has 0 bridgehead atoms. The quantitative estimate of drug-likeness (QED) is 0.769. The Hall–Kier alpha value is -2.19. The monoisotopic (exact) mass is 282 g/mol. The number of sulfonamides is 1. The Morgan fingerprint density at radius 1 is 1.16 bits per heavy atom. The van der Waals surface area contributed by atoms with Crippen molar-refractivity contribution >= 4 is 15.7 Å². The molecule has 0 atom stereocenters. The van der Waals surface area contributed by atoms with E-state index in [9.17, 15) is 8.42 Å². The second-order valence-electron chi connectivity index (χ2n) is 3.36. The fourth-order valence-corrected chi connectivity index (χ4v) is 1.80. The molecule has 4 N–H and O–H groups in total. The van der Waals surface area contributed by atoms with Crippen LogP contribution in [0.2, 0.25) is 0 Å². The summed E-state index contributed by atoms with van der Waals surface area (Å²) in [5, 5.41) is 4.85. The number of rotatable bonds is 2. The molecule has 1 aromatic carbocycles. The summed E-state index contributed by atoms with van der Waals surface area (Å²) >= 11 is 0. The minimum atomic E-state index is -3.66. The van der Waals surface area contributed by atoms with Crippen molar-refractivity contribution in [3.05, 3.63) is 43.0 Å². The van der Waals surface area contributed by atoms with Gasteiger partial charge in [0.2, 0.25) is 10.0 Å². The molecule has 0 amide bonds. The predicted molar refractivity (Wildman–Crippen MR) is 70.8 cm³/mol. The average Bonchev–Trinajstić information content (AvgIpc) is 2.39. The second kappa shape index (κ2) is 6.66.